The topological polar surface area (TPSA) is 73.6 Å². The van der Waals surface area contributed by atoms with E-state index >= 15 is 0 Å². The van der Waals surface area contributed by atoms with Crippen LogP contribution in [0.25, 0.3) is 5.70 Å². The van der Waals surface area contributed by atoms with E-state index in [0.717, 1.165) is 33.0 Å². The van der Waals surface area contributed by atoms with Gasteiger partial charge in [0.1, 0.15) is 29.1 Å². The summed E-state index contributed by atoms with van der Waals surface area (Å²) in [5.41, 5.74) is 5.97. The maximum absolute atomic E-state index is 14.2. The number of thioether (sulfide) groups is 1. The van der Waals surface area contributed by atoms with Crippen molar-refractivity contribution >= 4 is 39.3 Å². The van der Waals surface area contributed by atoms with Gasteiger partial charge in [-0.2, -0.15) is 0 Å². The van der Waals surface area contributed by atoms with Crippen molar-refractivity contribution in [2.75, 3.05) is 13.7 Å². The van der Waals surface area contributed by atoms with E-state index < -0.39 is 23.1 Å². The van der Waals surface area contributed by atoms with Gasteiger partial charge in [-0.3, -0.25) is 4.79 Å². The maximum atomic E-state index is 14.2. The molecule has 0 saturated heterocycles. The van der Waals surface area contributed by atoms with Crippen LogP contribution in [0.15, 0.2) is 40.2 Å². The maximum Gasteiger partial charge on any atom is 0.254 e. The number of methoxy groups -OCH3 is 1. The molecule has 0 aromatic heterocycles. The number of rotatable bonds is 6. The first kappa shape index (κ1) is 19.5. The lowest BCUT2D eigenvalue weighted by Crippen LogP contribution is -2.27. The van der Waals surface area contributed by atoms with Crippen molar-refractivity contribution in [1.82, 2.24) is 5.32 Å². The fourth-order valence-electron chi connectivity index (χ4n) is 2.52. The number of nitrogens with one attached hydrogen (secondary N) is 1. The van der Waals surface area contributed by atoms with E-state index in [1.807, 2.05) is 24.3 Å². The summed E-state index contributed by atoms with van der Waals surface area (Å²) in [6.07, 6.45) is 0. The molecule has 1 atom stereocenters. The van der Waals surface area contributed by atoms with Crippen LogP contribution in [0.2, 0.25) is 0 Å². The summed E-state index contributed by atoms with van der Waals surface area (Å²) in [7, 11) is 1.59. The first-order chi connectivity index (χ1) is 12.9. The van der Waals surface area contributed by atoms with E-state index in [0.29, 0.717) is 0 Å². The molecule has 142 valence electrons. The highest BCUT2D eigenvalue weighted by molar-refractivity contribution is 9.14. The molecule has 0 saturated carbocycles. The van der Waals surface area contributed by atoms with E-state index in [4.69, 9.17) is 15.2 Å². The fourth-order valence-corrected chi connectivity index (χ4v) is 4.40. The van der Waals surface area contributed by atoms with Gasteiger partial charge in [0.2, 0.25) is 0 Å². The summed E-state index contributed by atoms with van der Waals surface area (Å²) < 4.78 is 39.3. The molecule has 27 heavy (non-hydrogen) atoms. The van der Waals surface area contributed by atoms with E-state index in [1.54, 1.807) is 7.11 Å². The van der Waals surface area contributed by atoms with Crippen molar-refractivity contribution in [3.8, 4) is 11.5 Å². The third-order valence-corrected chi connectivity index (χ3v) is 5.71. The van der Waals surface area contributed by atoms with Crippen LogP contribution >= 0.6 is 27.7 Å². The van der Waals surface area contributed by atoms with Gasteiger partial charge in [-0.25, -0.2) is 8.78 Å². The second-order valence-corrected chi connectivity index (χ2v) is 8.07. The molecule has 1 aliphatic rings. The molecular formula is C18H15BrF2N2O3S. The van der Waals surface area contributed by atoms with E-state index in [9.17, 15) is 13.6 Å². The van der Waals surface area contributed by atoms with Gasteiger partial charge in [0.05, 0.1) is 16.6 Å². The Balaban J connectivity index is 1.69. The van der Waals surface area contributed by atoms with Crippen molar-refractivity contribution < 1.29 is 23.0 Å². The quantitative estimate of drug-likeness (QED) is 0.690. The normalized spacial score (nSPS) is 16.2. The molecule has 0 radical (unpaired) electrons. The number of nitrogens with two attached hydrogens (primary N) is 1. The molecular weight excluding hydrogens is 442 g/mol. The Morgan fingerprint density at radius 1 is 1.33 bits per heavy atom. The number of carbonyl (C=O) groups excluding carboxylic acids is 1. The number of primary amides is 1. The van der Waals surface area contributed by atoms with Crippen LogP contribution in [0.4, 0.5) is 8.78 Å². The van der Waals surface area contributed by atoms with Gasteiger partial charge in [-0.15, -0.1) is 0 Å². The number of halogens is 3. The summed E-state index contributed by atoms with van der Waals surface area (Å²) in [6.45, 7) is 0.0774. The molecule has 3 rings (SSSR count). The minimum absolute atomic E-state index is 0.0774. The molecule has 1 unspecified atom stereocenters. The van der Waals surface area contributed by atoms with Gasteiger partial charge >= 0.3 is 0 Å². The van der Waals surface area contributed by atoms with Crippen LogP contribution in [-0.2, 0) is 0 Å². The van der Waals surface area contributed by atoms with Crippen molar-refractivity contribution in [2.24, 2.45) is 5.73 Å². The van der Waals surface area contributed by atoms with E-state index in [-0.39, 0.29) is 17.7 Å². The highest BCUT2D eigenvalue weighted by Crippen LogP contribution is 2.40. The fraction of sp³-hybridized carbons (Fsp3) is 0.167. The standard InChI is InChI=1S/C18H15BrF2N2O3S/c1-25-10-4-2-3-9(7-10)16-17(19)27-13(23-16)8-26-12-6-5-11(20)14(15(12)21)18(22)24/h2-7,13,23H,8H2,1H3,(H2,22,24). The van der Waals surface area contributed by atoms with Crippen molar-refractivity contribution in [3.63, 3.8) is 0 Å². The number of benzene rings is 2. The molecule has 0 fully saturated rings. The molecule has 0 aliphatic carbocycles. The van der Waals surface area contributed by atoms with Gasteiger partial charge in [-0.1, -0.05) is 23.9 Å². The highest BCUT2D eigenvalue weighted by Gasteiger charge is 2.26. The Morgan fingerprint density at radius 3 is 2.81 bits per heavy atom. The minimum Gasteiger partial charge on any atom is -0.497 e. The van der Waals surface area contributed by atoms with Crippen LogP contribution in [-0.4, -0.2) is 25.0 Å². The molecule has 0 bridgehead atoms. The number of amides is 1. The number of hydrogen-bond donors (Lipinski definition) is 2. The molecule has 1 amide bonds. The zero-order valence-electron chi connectivity index (χ0n) is 14.1. The predicted molar refractivity (Wildman–Crippen MR) is 104 cm³/mol. The summed E-state index contributed by atoms with van der Waals surface area (Å²) >= 11 is 4.96. The number of ether oxygens (including phenoxy) is 2. The van der Waals surface area contributed by atoms with E-state index in [2.05, 4.69) is 21.2 Å². The van der Waals surface area contributed by atoms with Gasteiger partial charge in [0, 0.05) is 5.56 Å². The van der Waals surface area contributed by atoms with Crippen LogP contribution in [0, 0.1) is 11.6 Å². The minimum atomic E-state index is -1.19. The second kappa shape index (κ2) is 8.18. The summed E-state index contributed by atoms with van der Waals surface area (Å²) in [4.78, 5) is 11.2. The highest BCUT2D eigenvalue weighted by atomic mass is 79.9. The molecule has 2 aromatic rings. The summed E-state index contributed by atoms with van der Waals surface area (Å²) in [6, 6.07) is 9.59. The van der Waals surface area contributed by atoms with E-state index in [1.165, 1.54) is 11.8 Å². The Morgan fingerprint density at radius 2 is 2.11 bits per heavy atom. The van der Waals surface area contributed by atoms with Crippen molar-refractivity contribution in [3.05, 3.63) is 63.0 Å². The molecule has 0 spiro atoms. The van der Waals surface area contributed by atoms with Gasteiger partial charge in [-0.05, 0) is 40.2 Å². The largest absolute Gasteiger partial charge is 0.497 e. The van der Waals surface area contributed by atoms with Crippen LogP contribution in [0.5, 0.6) is 11.5 Å². The monoisotopic (exact) mass is 456 g/mol. The van der Waals surface area contributed by atoms with Gasteiger partial charge in [0.25, 0.3) is 5.91 Å². The lowest BCUT2D eigenvalue weighted by Gasteiger charge is -2.15. The SMILES string of the molecule is COc1cccc(C2=C(Br)SC(COc3ccc(F)c(C(N)=O)c3F)N2)c1. The zero-order valence-corrected chi connectivity index (χ0v) is 16.5. The predicted octanol–water partition coefficient (Wildman–Crippen LogP) is 3.83. The Hall–Kier alpha value is -2.26. The van der Waals surface area contributed by atoms with Crippen molar-refractivity contribution in [1.29, 1.82) is 0 Å². The third kappa shape index (κ3) is 4.19. The average Bonchev–Trinajstić information content (AvgIpc) is 3.01. The van der Waals surface area contributed by atoms with Gasteiger partial charge < -0.3 is 20.5 Å². The van der Waals surface area contributed by atoms with Crippen LogP contribution in [0.1, 0.15) is 15.9 Å². The van der Waals surface area contributed by atoms with Gasteiger partial charge in [0.15, 0.2) is 11.6 Å². The Bertz CT molecular complexity index is 923. The first-order valence-corrected chi connectivity index (χ1v) is 9.46. The van der Waals surface area contributed by atoms with Crippen LogP contribution in [0.3, 0.4) is 0 Å². The average molecular weight is 457 g/mol. The zero-order chi connectivity index (χ0) is 19.6. The summed E-state index contributed by atoms with van der Waals surface area (Å²) in [5.74, 6) is -2.83. The molecule has 1 heterocycles. The van der Waals surface area contributed by atoms with Crippen molar-refractivity contribution in [2.45, 2.75) is 5.37 Å². The molecule has 5 nitrogen and oxygen atoms in total. The first-order valence-electron chi connectivity index (χ1n) is 7.78. The lowest BCUT2D eigenvalue weighted by atomic mass is 10.1. The number of carbonyl (C=O) groups is 1. The molecule has 9 heteroatoms. The molecule has 3 N–H and O–H groups in total. The molecule has 2 aromatic carbocycles. The summed E-state index contributed by atoms with van der Waals surface area (Å²) in [5, 5.41) is 3.05. The second-order valence-electron chi connectivity index (χ2n) is 5.54. The molecule has 1 aliphatic heterocycles. The van der Waals surface area contributed by atoms with Crippen LogP contribution < -0.4 is 20.5 Å². The Kier molecular flexibility index (Phi) is 5.91. The number of hydrogen-bond acceptors (Lipinski definition) is 5. The third-order valence-electron chi connectivity index (χ3n) is 3.80. The lowest BCUT2D eigenvalue weighted by molar-refractivity contribution is 0.0991. The Labute approximate surface area is 167 Å². The smallest absolute Gasteiger partial charge is 0.254 e.